The van der Waals surface area contributed by atoms with Gasteiger partial charge in [-0.25, -0.2) is 0 Å². The average molecular weight is 296 g/mol. The number of halogens is 1. The molecule has 0 amide bonds. The third-order valence-corrected chi connectivity index (χ3v) is 3.05. The highest BCUT2D eigenvalue weighted by atomic mass is 127. The van der Waals surface area contributed by atoms with Crippen LogP contribution < -0.4 is 0 Å². The van der Waals surface area contributed by atoms with Crippen LogP contribution in [0.4, 0.5) is 0 Å². The van der Waals surface area contributed by atoms with E-state index < -0.39 is 0 Å². The molecule has 14 heavy (non-hydrogen) atoms. The fourth-order valence-electron chi connectivity index (χ4n) is 1.28. The fourth-order valence-corrected chi connectivity index (χ4v) is 2.00. The summed E-state index contributed by atoms with van der Waals surface area (Å²) < 4.78 is 1.07. The molecule has 0 spiro atoms. The molecule has 1 aromatic rings. The first-order valence-corrected chi connectivity index (χ1v) is 5.28. The van der Waals surface area contributed by atoms with Gasteiger partial charge in [-0.2, -0.15) is 10.5 Å². The molecule has 0 saturated carbocycles. The van der Waals surface area contributed by atoms with Gasteiger partial charge in [0.1, 0.15) is 0 Å². The number of hydrogen-bond donors (Lipinski definition) is 0. The van der Waals surface area contributed by atoms with Crippen molar-refractivity contribution in [2.24, 2.45) is 0 Å². The van der Waals surface area contributed by atoms with E-state index in [4.69, 9.17) is 10.5 Å². The monoisotopic (exact) mass is 296 g/mol. The molecule has 0 aliphatic heterocycles. The first-order chi connectivity index (χ1) is 6.69. The Morgan fingerprint density at radius 1 is 1.14 bits per heavy atom. The van der Waals surface area contributed by atoms with Crippen LogP contribution in [0, 0.1) is 33.2 Å². The summed E-state index contributed by atoms with van der Waals surface area (Å²) >= 11 is 2.21. The van der Waals surface area contributed by atoms with Crippen molar-refractivity contribution in [3.63, 3.8) is 0 Å². The molecule has 0 bridgehead atoms. The maximum Gasteiger partial charge on any atom is 0.0670 e. The molecule has 3 heteroatoms. The highest BCUT2D eigenvalue weighted by Crippen LogP contribution is 2.19. The number of hydrogen-bond acceptors (Lipinski definition) is 2. The predicted molar refractivity (Wildman–Crippen MR) is 62.5 cm³/mol. The van der Waals surface area contributed by atoms with Crippen LogP contribution in [0.2, 0.25) is 0 Å². The molecule has 0 heterocycles. The second-order valence-electron chi connectivity index (χ2n) is 3.04. The molecule has 0 radical (unpaired) electrons. The minimum absolute atomic E-state index is 0.436. The second-order valence-corrected chi connectivity index (χ2v) is 4.20. The van der Waals surface area contributed by atoms with Crippen molar-refractivity contribution in [2.75, 3.05) is 0 Å². The Balaban J connectivity index is 3.13. The van der Waals surface area contributed by atoms with Gasteiger partial charge in [-0.1, -0.05) is 6.07 Å². The summed E-state index contributed by atoms with van der Waals surface area (Å²) in [5.74, 6) is 0. The molecule has 0 N–H and O–H groups in total. The van der Waals surface area contributed by atoms with Crippen LogP contribution in [0.15, 0.2) is 12.1 Å². The van der Waals surface area contributed by atoms with E-state index in [1.165, 1.54) is 0 Å². The van der Waals surface area contributed by atoms with E-state index >= 15 is 0 Å². The van der Waals surface area contributed by atoms with E-state index in [1.807, 2.05) is 19.1 Å². The molecule has 0 aliphatic rings. The average Bonchev–Trinajstić information content (AvgIpc) is 2.14. The van der Waals surface area contributed by atoms with E-state index in [-0.39, 0.29) is 0 Å². The highest BCUT2D eigenvalue weighted by molar-refractivity contribution is 14.1. The van der Waals surface area contributed by atoms with Gasteiger partial charge >= 0.3 is 0 Å². The number of nitrogens with zero attached hydrogens (tertiary/aromatic N) is 2. The minimum Gasteiger partial charge on any atom is -0.198 e. The lowest BCUT2D eigenvalue weighted by atomic mass is 10.0. The Morgan fingerprint density at radius 2 is 1.71 bits per heavy atom. The van der Waals surface area contributed by atoms with Crippen LogP contribution in [0.3, 0.4) is 0 Å². The maximum absolute atomic E-state index is 8.60. The number of benzene rings is 1. The maximum atomic E-state index is 8.60. The normalized spacial score (nSPS) is 9.14. The lowest BCUT2D eigenvalue weighted by Crippen LogP contribution is -1.94. The molecule has 2 nitrogen and oxygen atoms in total. The van der Waals surface area contributed by atoms with Gasteiger partial charge in [-0.05, 0) is 52.3 Å². The smallest absolute Gasteiger partial charge is 0.0670 e. The Kier molecular flexibility index (Phi) is 3.91. The van der Waals surface area contributed by atoms with Crippen LogP contribution in [0.25, 0.3) is 0 Å². The Hall–Kier alpha value is -1.07. The van der Waals surface area contributed by atoms with Crippen molar-refractivity contribution in [2.45, 2.75) is 19.8 Å². The lowest BCUT2D eigenvalue weighted by Gasteiger charge is -2.06. The van der Waals surface area contributed by atoms with Crippen LogP contribution >= 0.6 is 22.6 Å². The van der Waals surface area contributed by atoms with Crippen LogP contribution in [-0.2, 0) is 12.8 Å². The Morgan fingerprint density at radius 3 is 2.29 bits per heavy atom. The van der Waals surface area contributed by atoms with Gasteiger partial charge in [0.2, 0.25) is 0 Å². The number of aryl methyl sites for hydroxylation is 1. The zero-order chi connectivity index (χ0) is 10.6. The molecular formula is C11H9IN2. The van der Waals surface area contributed by atoms with E-state index in [1.54, 1.807) is 0 Å². The van der Waals surface area contributed by atoms with E-state index in [0.717, 1.165) is 20.3 Å². The molecule has 0 atom stereocenters. The largest absolute Gasteiger partial charge is 0.198 e. The van der Waals surface area contributed by atoms with E-state index in [9.17, 15) is 0 Å². The third kappa shape index (κ3) is 2.46. The first kappa shape index (κ1) is 11.0. The summed E-state index contributed by atoms with van der Waals surface area (Å²) in [7, 11) is 0. The van der Waals surface area contributed by atoms with Gasteiger partial charge in [0.15, 0.2) is 0 Å². The minimum atomic E-state index is 0.436. The van der Waals surface area contributed by atoms with Gasteiger partial charge in [0.05, 0.1) is 25.0 Å². The molecule has 1 aromatic carbocycles. The first-order valence-electron chi connectivity index (χ1n) is 4.21. The molecule has 0 unspecified atom stereocenters. The molecule has 0 fully saturated rings. The lowest BCUT2D eigenvalue weighted by molar-refractivity contribution is 1.16. The summed E-state index contributed by atoms with van der Waals surface area (Å²) in [6, 6.07) is 8.26. The number of rotatable bonds is 2. The van der Waals surface area contributed by atoms with Crippen LogP contribution in [0.5, 0.6) is 0 Å². The van der Waals surface area contributed by atoms with Crippen molar-refractivity contribution in [3.8, 4) is 12.1 Å². The zero-order valence-corrected chi connectivity index (χ0v) is 10.00. The molecule has 0 saturated heterocycles. The van der Waals surface area contributed by atoms with Crippen molar-refractivity contribution in [3.05, 3.63) is 32.4 Å². The molecular weight excluding hydrogens is 287 g/mol. The Bertz CT molecular complexity index is 382. The van der Waals surface area contributed by atoms with Gasteiger partial charge in [0, 0.05) is 3.57 Å². The standard InChI is InChI=1S/C11H9IN2/c1-8-6-10(3-5-14)11(12)7-9(8)2-4-13/h6-7H,2-3H2,1H3. The topological polar surface area (TPSA) is 47.6 Å². The van der Waals surface area contributed by atoms with E-state index in [0.29, 0.717) is 12.8 Å². The Labute approximate surface area is 97.3 Å². The van der Waals surface area contributed by atoms with Crippen molar-refractivity contribution < 1.29 is 0 Å². The summed E-state index contributed by atoms with van der Waals surface area (Å²) in [6.45, 7) is 1.98. The van der Waals surface area contributed by atoms with Crippen LogP contribution in [-0.4, -0.2) is 0 Å². The van der Waals surface area contributed by atoms with Gasteiger partial charge in [-0.15, -0.1) is 0 Å². The van der Waals surface area contributed by atoms with Crippen molar-refractivity contribution >= 4 is 22.6 Å². The predicted octanol–water partition coefficient (Wildman–Crippen LogP) is 2.73. The molecule has 0 aromatic heterocycles. The van der Waals surface area contributed by atoms with Gasteiger partial charge in [0.25, 0.3) is 0 Å². The van der Waals surface area contributed by atoms with Crippen LogP contribution in [0.1, 0.15) is 16.7 Å². The summed E-state index contributed by atoms with van der Waals surface area (Å²) in [4.78, 5) is 0. The van der Waals surface area contributed by atoms with E-state index in [2.05, 4.69) is 34.7 Å². The van der Waals surface area contributed by atoms with Gasteiger partial charge in [-0.3, -0.25) is 0 Å². The second kappa shape index (κ2) is 4.97. The highest BCUT2D eigenvalue weighted by Gasteiger charge is 2.04. The van der Waals surface area contributed by atoms with Gasteiger partial charge < -0.3 is 0 Å². The fraction of sp³-hybridized carbons (Fsp3) is 0.273. The third-order valence-electron chi connectivity index (χ3n) is 2.04. The summed E-state index contributed by atoms with van der Waals surface area (Å²) in [5, 5.41) is 17.2. The SMILES string of the molecule is Cc1cc(CC#N)c(I)cc1CC#N. The summed E-state index contributed by atoms with van der Waals surface area (Å²) in [5.41, 5.74) is 3.20. The zero-order valence-electron chi connectivity index (χ0n) is 7.84. The number of nitriles is 2. The van der Waals surface area contributed by atoms with Crippen molar-refractivity contribution in [1.82, 2.24) is 0 Å². The molecule has 0 aliphatic carbocycles. The molecule has 70 valence electrons. The van der Waals surface area contributed by atoms with Crippen molar-refractivity contribution in [1.29, 1.82) is 10.5 Å². The quantitative estimate of drug-likeness (QED) is 0.788. The summed E-state index contributed by atoms with van der Waals surface area (Å²) in [6.07, 6.45) is 0.876. The molecule has 1 rings (SSSR count).